The van der Waals surface area contributed by atoms with Gasteiger partial charge in [0, 0.05) is 17.7 Å². The van der Waals surface area contributed by atoms with Crippen LogP contribution in [-0.2, 0) is 0 Å². The number of nitro benzene ring substituents is 1. The van der Waals surface area contributed by atoms with Crippen LogP contribution in [0.2, 0.25) is 5.02 Å². The van der Waals surface area contributed by atoms with Crippen molar-refractivity contribution >= 4 is 23.1 Å². The minimum absolute atomic E-state index is 0.0644. The van der Waals surface area contributed by atoms with Crippen LogP contribution in [0.3, 0.4) is 0 Å². The fourth-order valence-corrected chi connectivity index (χ4v) is 1.15. The first kappa shape index (κ1) is 10.3. The number of nitrogens with two attached hydrogens (primary N) is 1. The van der Waals surface area contributed by atoms with Crippen LogP contribution in [0.25, 0.3) is 0 Å². The number of hydrogen-bond donors (Lipinski definition) is 2. The molecule has 0 amide bonds. The zero-order valence-electron chi connectivity index (χ0n) is 6.85. The molecule has 0 aliphatic carbocycles. The summed E-state index contributed by atoms with van der Waals surface area (Å²) in [5.74, 6) is -0.190. The Morgan fingerprint density at radius 1 is 1.64 bits per heavy atom. The number of amidine groups is 1. The Balaban J connectivity index is 3.20. The topological polar surface area (TPSA) is 102 Å². The van der Waals surface area contributed by atoms with E-state index in [0.29, 0.717) is 0 Å². The van der Waals surface area contributed by atoms with E-state index >= 15 is 0 Å². The van der Waals surface area contributed by atoms with Crippen molar-refractivity contribution in [2.45, 2.75) is 0 Å². The van der Waals surface area contributed by atoms with E-state index in [2.05, 4.69) is 5.16 Å². The van der Waals surface area contributed by atoms with Crippen molar-refractivity contribution in [1.29, 1.82) is 0 Å². The second-order valence-electron chi connectivity index (χ2n) is 2.41. The maximum absolute atomic E-state index is 10.3. The molecule has 3 N–H and O–H groups in total. The molecule has 1 aromatic carbocycles. The second kappa shape index (κ2) is 3.93. The number of halogens is 1. The van der Waals surface area contributed by atoms with E-state index in [9.17, 15) is 10.1 Å². The van der Waals surface area contributed by atoms with Crippen LogP contribution in [0.1, 0.15) is 5.56 Å². The Labute approximate surface area is 83.7 Å². The van der Waals surface area contributed by atoms with Gasteiger partial charge in [-0.25, -0.2) is 0 Å². The summed E-state index contributed by atoms with van der Waals surface area (Å²) in [6.07, 6.45) is 0. The molecule has 0 aliphatic rings. The van der Waals surface area contributed by atoms with Gasteiger partial charge in [-0.2, -0.15) is 0 Å². The molecule has 0 unspecified atom stereocenters. The monoisotopic (exact) mass is 215 g/mol. The molecule has 74 valence electrons. The van der Waals surface area contributed by atoms with Gasteiger partial charge in [0.25, 0.3) is 5.69 Å². The molecule has 0 bridgehead atoms. The summed E-state index contributed by atoms with van der Waals surface area (Å²) in [4.78, 5) is 9.76. The molecule has 1 aromatic rings. The van der Waals surface area contributed by atoms with Gasteiger partial charge in [-0.3, -0.25) is 10.1 Å². The van der Waals surface area contributed by atoms with Gasteiger partial charge in [0.2, 0.25) is 0 Å². The number of nitro groups is 1. The third kappa shape index (κ3) is 1.91. The molecule has 0 aromatic heterocycles. The lowest BCUT2D eigenvalue weighted by molar-refractivity contribution is -0.384. The Kier molecular flexibility index (Phi) is 2.88. The SMILES string of the molecule is NC(=NO)c1ccc([N+](=O)[O-])cc1Cl. The standard InChI is InChI=1S/C7H6ClN3O3/c8-6-3-4(11(13)14)1-2-5(6)7(9)10-12/h1-3,12H,(H2,9,10). The molecule has 0 fully saturated rings. The van der Waals surface area contributed by atoms with E-state index in [1.807, 2.05) is 0 Å². The number of oxime groups is 1. The third-order valence-corrected chi connectivity index (χ3v) is 1.86. The first-order valence-corrected chi connectivity index (χ1v) is 3.86. The van der Waals surface area contributed by atoms with Crippen molar-refractivity contribution < 1.29 is 10.1 Å². The Morgan fingerprint density at radius 3 is 2.71 bits per heavy atom. The molecule has 0 saturated heterocycles. The summed E-state index contributed by atoms with van der Waals surface area (Å²) in [6, 6.07) is 3.67. The highest BCUT2D eigenvalue weighted by Gasteiger charge is 2.11. The largest absolute Gasteiger partial charge is 0.409 e. The predicted molar refractivity (Wildman–Crippen MR) is 50.6 cm³/mol. The van der Waals surface area contributed by atoms with Gasteiger partial charge in [0.1, 0.15) is 0 Å². The first-order chi connectivity index (χ1) is 6.56. The molecule has 6 nitrogen and oxygen atoms in total. The molecule has 0 spiro atoms. The molecule has 0 atom stereocenters. The lowest BCUT2D eigenvalue weighted by Gasteiger charge is -2.00. The van der Waals surface area contributed by atoms with Crippen LogP contribution in [0.5, 0.6) is 0 Å². The minimum atomic E-state index is -0.581. The second-order valence-corrected chi connectivity index (χ2v) is 2.81. The van der Waals surface area contributed by atoms with Crippen LogP contribution >= 0.6 is 11.6 Å². The van der Waals surface area contributed by atoms with E-state index in [-0.39, 0.29) is 22.1 Å². The normalized spacial score (nSPS) is 11.4. The maximum atomic E-state index is 10.3. The Bertz CT molecular complexity index is 405. The van der Waals surface area contributed by atoms with Gasteiger partial charge in [0.05, 0.1) is 9.95 Å². The molecule has 0 saturated carbocycles. The van der Waals surface area contributed by atoms with Gasteiger partial charge in [-0.15, -0.1) is 0 Å². The zero-order valence-corrected chi connectivity index (χ0v) is 7.60. The fraction of sp³-hybridized carbons (Fsp3) is 0. The van der Waals surface area contributed by atoms with Gasteiger partial charge >= 0.3 is 0 Å². The molecule has 1 rings (SSSR count). The third-order valence-electron chi connectivity index (χ3n) is 1.55. The van der Waals surface area contributed by atoms with Gasteiger partial charge < -0.3 is 10.9 Å². The van der Waals surface area contributed by atoms with Crippen molar-refractivity contribution in [3.05, 3.63) is 38.9 Å². The molecule has 0 aliphatic heterocycles. The van der Waals surface area contributed by atoms with Crippen molar-refractivity contribution in [2.75, 3.05) is 0 Å². The van der Waals surface area contributed by atoms with Crippen LogP contribution in [0.15, 0.2) is 23.4 Å². The molecular weight excluding hydrogens is 210 g/mol. The number of non-ortho nitro benzene ring substituents is 1. The minimum Gasteiger partial charge on any atom is -0.409 e. The Morgan fingerprint density at radius 2 is 2.29 bits per heavy atom. The van der Waals surface area contributed by atoms with Gasteiger partial charge in [-0.1, -0.05) is 16.8 Å². The molecule has 0 heterocycles. The smallest absolute Gasteiger partial charge is 0.270 e. The van der Waals surface area contributed by atoms with Crippen molar-refractivity contribution in [3.63, 3.8) is 0 Å². The van der Waals surface area contributed by atoms with Crippen molar-refractivity contribution in [2.24, 2.45) is 10.9 Å². The summed E-state index contributed by atoms with van der Waals surface area (Å²) < 4.78 is 0. The molecule has 0 radical (unpaired) electrons. The molecule has 14 heavy (non-hydrogen) atoms. The summed E-state index contributed by atoms with van der Waals surface area (Å²) in [5.41, 5.74) is 5.37. The maximum Gasteiger partial charge on any atom is 0.270 e. The van der Waals surface area contributed by atoms with E-state index in [4.69, 9.17) is 22.5 Å². The van der Waals surface area contributed by atoms with Gasteiger partial charge in [0.15, 0.2) is 5.84 Å². The highest BCUT2D eigenvalue weighted by molar-refractivity contribution is 6.34. The highest BCUT2D eigenvalue weighted by atomic mass is 35.5. The first-order valence-electron chi connectivity index (χ1n) is 3.48. The van der Waals surface area contributed by atoms with E-state index < -0.39 is 4.92 Å². The van der Waals surface area contributed by atoms with Crippen LogP contribution < -0.4 is 5.73 Å². The van der Waals surface area contributed by atoms with E-state index in [0.717, 1.165) is 6.07 Å². The predicted octanol–water partition coefficient (Wildman–Crippen LogP) is 1.34. The summed E-state index contributed by atoms with van der Waals surface area (Å²) in [5, 5.41) is 21.5. The van der Waals surface area contributed by atoms with Crippen LogP contribution in [-0.4, -0.2) is 16.0 Å². The van der Waals surface area contributed by atoms with Crippen molar-refractivity contribution in [3.8, 4) is 0 Å². The van der Waals surface area contributed by atoms with Crippen LogP contribution in [0.4, 0.5) is 5.69 Å². The summed E-state index contributed by atoms with van der Waals surface area (Å²) in [7, 11) is 0. The van der Waals surface area contributed by atoms with Crippen LogP contribution in [0, 0.1) is 10.1 Å². The fourth-order valence-electron chi connectivity index (χ4n) is 0.879. The Hall–Kier alpha value is -1.82. The lowest BCUT2D eigenvalue weighted by atomic mass is 10.2. The van der Waals surface area contributed by atoms with Crippen molar-refractivity contribution in [1.82, 2.24) is 0 Å². The summed E-state index contributed by atoms with van der Waals surface area (Å²) in [6.45, 7) is 0. The summed E-state index contributed by atoms with van der Waals surface area (Å²) >= 11 is 5.67. The number of benzene rings is 1. The average Bonchev–Trinajstić information content (AvgIpc) is 2.16. The average molecular weight is 216 g/mol. The number of rotatable bonds is 2. The van der Waals surface area contributed by atoms with E-state index in [1.165, 1.54) is 12.1 Å². The molecular formula is C7H6ClN3O3. The van der Waals surface area contributed by atoms with E-state index in [1.54, 1.807) is 0 Å². The zero-order chi connectivity index (χ0) is 10.7. The number of nitrogens with zero attached hydrogens (tertiary/aromatic N) is 2. The lowest BCUT2D eigenvalue weighted by Crippen LogP contribution is -2.13. The molecule has 7 heteroatoms. The quantitative estimate of drug-likeness (QED) is 0.256. The van der Waals surface area contributed by atoms with Gasteiger partial charge in [-0.05, 0) is 6.07 Å². The number of hydrogen-bond acceptors (Lipinski definition) is 4. The highest BCUT2D eigenvalue weighted by Crippen LogP contribution is 2.21.